The van der Waals surface area contributed by atoms with Crippen LogP contribution in [0.2, 0.25) is 0 Å². The zero-order chi connectivity index (χ0) is 21.7. The predicted molar refractivity (Wildman–Crippen MR) is 121 cm³/mol. The molecule has 0 N–H and O–H groups in total. The SMILES string of the molecule is C[C@@]1(C2CCN(C(=O)Cc3ccccn3)CC2)CCCCN(Cc2ccccc2)C1=O. The van der Waals surface area contributed by atoms with E-state index in [1.54, 1.807) is 6.20 Å². The van der Waals surface area contributed by atoms with Gasteiger partial charge in [-0.1, -0.05) is 49.7 Å². The molecule has 0 saturated carbocycles. The highest BCUT2D eigenvalue weighted by Crippen LogP contribution is 2.43. The minimum atomic E-state index is -0.332. The fourth-order valence-corrected chi connectivity index (χ4v) is 5.23. The number of benzene rings is 1. The molecule has 1 aromatic carbocycles. The van der Waals surface area contributed by atoms with E-state index in [0.29, 0.717) is 24.8 Å². The molecule has 0 radical (unpaired) electrons. The molecule has 3 heterocycles. The summed E-state index contributed by atoms with van der Waals surface area (Å²) in [5.74, 6) is 0.766. The van der Waals surface area contributed by atoms with Crippen molar-refractivity contribution in [1.29, 1.82) is 0 Å². The molecular weight excluding hydrogens is 386 g/mol. The summed E-state index contributed by atoms with van der Waals surface area (Å²) in [5.41, 5.74) is 1.67. The third kappa shape index (κ3) is 4.97. The number of hydrogen-bond donors (Lipinski definition) is 0. The summed E-state index contributed by atoms with van der Waals surface area (Å²) in [5, 5.41) is 0. The quantitative estimate of drug-likeness (QED) is 0.734. The first kappa shape index (κ1) is 21.5. The lowest BCUT2D eigenvalue weighted by Gasteiger charge is -2.43. The molecule has 2 amide bonds. The zero-order valence-electron chi connectivity index (χ0n) is 18.5. The second kappa shape index (κ2) is 9.63. The van der Waals surface area contributed by atoms with Crippen molar-refractivity contribution in [1.82, 2.24) is 14.8 Å². The minimum Gasteiger partial charge on any atom is -0.342 e. The number of aromatic nitrogens is 1. The Bertz CT molecular complexity index is 878. The monoisotopic (exact) mass is 419 g/mol. The van der Waals surface area contributed by atoms with Crippen molar-refractivity contribution < 1.29 is 9.59 Å². The average molecular weight is 420 g/mol. The molecule has 1 aromatic heterocycles. The molecule has 5 nitrogen and oxygen atoms in total. The summed E-state index contributed by atoms with van der Waals surface area (Å²) in [6.45, 7) is 5.17. The summed E-state index contributed by atoms with van der Waals surface area (Å²) >= 11 is 0. The van der Waals surface area contributed by atoms with Crippen LogP contribution in [-0.4, -0.2) is 46.2 Å². The Hall–Kier alpha value is -2.69. The van der Waals surface area contributed by atoms with E-state index in [2.05, 4.69) is 28.9 Å². The Labute approximate surface area is 185 Å². The van der Waals surface area contributed by atoms with E-state index in [-0.39, 0.29) is 11.3 Å². The first-order valence-electron chi connectivity index (χ1n) is 11.6. The number of piperidine rings is 1. The van der Waals surface area contributed by atoms with Gasteiger partial charge in [0, 0.05) is 43.5 Å². The van der Waals surface area contributed by atoms with E-state index >= 15 is 0 Å². The Morgan fingerprint density at radius 3 is 2.48 bits per heavy atom. The van der Waals surface area contributed by atoms with Crippen LogP contribution in [0.5, 0.6) is 0 Å². The van der Waals surface area contributed by atoms with Gasteiger partial charge in [-0.3, -0.25) is 14.6 Å². The normalized spacial score (nSPS) is 22.9. The molecule has 0 spiro atoms. The number of likely N-dealkylation sites (tertiary alicyclic amines) is 2. The lowest BCUT2D eigenvalue weighted by molar-refractivity contribution is -0.146. The van der Waals surface area contributed by atoms with E-state index in [1.165, 1.54) is 5.56 Å². The van der Waals surface area contributed by atoms with Crippen LogP contribution in [0.1, 0.15) is 50.3 Å². The number of rotatable bonds is 5. The number of nitrogens with zero attached hydrogens (tertiary/aromatic N) is 3. The molecule has 1 atom stereocenters. The van der Waals surface area contributed by atoms with Gasteiger partial charge in [-0.25, -0.2) is 0 Å². The highest BCUT2D eigenvalue weighted by molar-refractivity contribution is 5.83. The molecule has 2 aliphatic heterocycles. The molecule has 2 aliphatic rings. The number of hydrogen-bond acceptors (Lipinski definition) is 3. The van der Waals surface area contributed by atoms with Gasteiger partial charge in [0.2, 0.25) is 11.8 Å². The van der Waals surface area contributed by atoms with Crippen molar-refractivity contribution >= 4 is 11.8 Å². The first-order valence-corrected chi connectivity index (χ1v) is 11.6. The van der Waals surface area contributed by atoms with E-state index < -0.39 is 0 Å². The summed E-state index contributed by atoms with van der Waals surface area (Å²) in [7, 11) is 0. The summed E-state index contributed by atoms with van der Waals surface area (Å²) in [6.07, 6.45) is 6.98. The van der Waals surface area contributed by atoms with Crippen LogP contribution in [0, 0.1) is 11.3 Å². The highest BCUT2D eigenvalue weighted by Gasteiger charge is 2.45. The fraction of sp³-hybridized carbons (Fsp3) is 0.500. The van der Waals surface area contributed by atoms with Gasteiger partial charge >= 0.3 is 0 Å². The number of amides is 2. The second-order valence-electron chi connectivity index (χ2n) is 9.24. The van der Waals surface area contributed by atoms with Crippen LogP contribution in [-0.2, 0) is 22.6 Å². The van der Waals surface area contributed by atoms with E-state index in [0.717, 1.165) is 57.4 Å². The van der Waals surface area contributed by atoms with Crippen molar-refractivity contribution in [3.8, 4) is 0 Å². The Morgan fingerprint density at radius 1 is 1.03 bits per heavy atom. The van der Waals surface area contributed by atoms with Crippen molar-refractivity contribution in [3.63, 3.8) is 0 Å². The van der Waals surface area contributed by atoms with Crippen molar-refractivity contribution in [2.24, 2.45) is 11.3 Å². The fourth-order valence-electron chi connectivity index (χ4n) is 5.23. The van der Waals surface area contributed by atoms with Gasteiger partial charge < -0.3 is 9.80 Å². The smallest absolute Gasteiger partial charge is 0.229 e. The summed E-state index contributed by atoms with van der Waals surface area (Å²) < 4.78 is 0. The van der Waals surface area contributed by atoms with Crippen molar-refractivity contribution in [3.05, 3.63) is 66.0 Å². The summed E-state index contributed by atoms with van der Waals surface area (Å²) in [6, 6.07) is 16.0. The largest absolute Gasteiger partial charge is 0.342 e. The maximum atomic E-state index is 13.7. The number of carbonyl (C=O) groups is 2. The third-order valence-corrected chi connectivity index (χ3v) is 7.17. The molecule has 2 aromatic rings. The van der Waals surface area contributed by atoms with Gasteiger partial charge in [0.1, 0.15) is 0 Å². The first-order chi connectivity index (χ1) is 15.1. The zero-order valence-corrected chi connectivity index (χ0v) is 18.5. The van der Waals surface area contributed by atoms with E-state index in [1.807, 2.05) is 41.3 Å². The van der Waals surface area contributed by atoms with Gasteiger partial charge in [-0.2, -0.15) is 0 Å². The van der Waals surface area contributed by atoms with Gasteiger partial charge in [0.15, 0.2) is 0 Å². The molecular formula is C26H33N3O2. The van der Waals surface area contributed by atoms with Gasteiger partial charge in [0.05, 0.1) is 6.42 Å². The van der Waals surface area contributed by atoms with Crippen LogP contribution >= 0.6 is 0 Å². The molecule has 0 aliphatic carbocycles. The predicted octanol–water partition coefficient (Wildman–Crippen LogP) is 4.08. The molecule has 0 bridgehead atoms. The summed E-state index contributed by atoms with van der Waals surface area (Å²) in [4.78, 5) is 34.7. The molecule has 4 rings (SSSR count). The third-order valence-electron chi connectivity index (χ3n) is 7.17. The molecule has 0 unspecified atom stereocenters. The van der Waals surface area contributed by atoms with Gasteiger partial charge in [-0.15, -0.1) is 0 Å². The molecule has 5 heteroatoms. The minimum absolute atomic E-state index is 0.139. The Balaban J connectivity index is 1.39. The maximum absolute atomic E-state index is 13.7. The lowest BCUT2D eigenvalue weighted by Crippen LogP contribution is -2.49. The van der Waals surface area contributed by atoms with Crippen LogP contribution in [0.15, 0.2) is 54.7 Å². The standard InChI is InChI=1S/C26H33N3O2/c1-26(14-6-8-16-29(25(26)31)20-21-9-3-2-4-10-21)22-12-17-28(18-13-22)24(30)19-23-11-5-7-15-27-23/h2-5,7,9-11,15,22H,6,8,12-14,16-20H2,1H3/t26-/m0/s1. The molecule has 164 valence electrons. The average Bonchev–Trinajstić information content (AvgIpc) is 2.95. The number of pyridine rings is 1. The Morgan fingerprint density at radius 2 is 1.77 bits per heavy atom. The second-order valence-corrected chi connectivity index (χ2v) is 9.24. The number of carbonyl (C=O) groups excluding carboxylic acids is 2. The van der Waals surface area contributed by atoms with Crippen molar-refractivity contribution in [2.45, 2.75) is 52.0 Å². The Kier molecular flexibility index (Phi) is 6.69. The van der Waals surface area contributed by atoms with E-state index in [9.17, 15) is 9.59 Å². The molecule has 31 heavy (non-hydrogen) atoms. The van der Waals surface area contributed by atoms with Crippen molar-refractivity contribution in [2.75, 3.05) is 19.6 Å². The topological polar surface area (TPSA) is 53.5 Å². The van der Waals surface area contributed by atoms with Crippen LogP contribution in [0.25, 0.3) is 0 Å². The highest BCUT2D eigenvalue weighted by atomic mass is 16.2. The van der Waals surface area contributed by atoms with Crippen LogP contribution in [0.4, 0.5) is 0 Å². The molecule has 2 saturated heterocycles. The van der Waals surface area contributed by atoms with Gasteiger partial charge in [0.25, 0.3) is 0 Å². The lowest BCUT2D eigenvalue weighted by atomic mass is 9.69. The maximum Gasteiger partial charge on any atom is 0.229 e. The van der Waals surface area contributed by atoms with Crippen LogP contribution in [0.3, 0.4) is 0 Å². The van der Waals surface area contributed by atoms with Gasteiger partial charge in [-0.05, 0) is 49.3 Å². The van der Waals surface area contributed by atoms with Crippen LogP contribution < -0.4 is 0 Å². The molecule has 2 fully saturated rings. The van der Waals surface area contributed by atoms with E-state index in [4.69, 9.17) is 0 Å².